The van der Waals surface area contributed by atoms with Crippen molar-refractivity contribution in [2.75, 3.05) is 26.2 Å². The second-order valence-electron chi connectivity index (χ2n) is 7.09. The molecule has 27 heavy (non-hydrogen) atoms. The minimum absolute atomic E-state index is 0.113. The van der Waals surface area contributed by atoms with E-state index in [9.17, 15) is 18.0 Å². The molecule has 0 saturated carbocycles. The molecule has 0 unspecified atom stereocenters. The van der Waals surface area contributed by atoms with E-state index in [1.54, 1.807) is 12.1 Å². The molecular weight excluding hydrogens is 364 g/mol. The second-order valence-corrected chi connectivity index (χ2v) is 9.03. The van der Waals surface area contributed by atoms with Gasteiger partial charge in [-0.1, -0.05) is 26.0 Å². The van der Waals surface area contributed by atoms with Crippen molar-refractivity contribution in [2.24, 2.45) is 5.92 Å². The van der Waals surface area contributed by atoms with Gasteiger partial charge in [-0.25, -0.2) is 8.42 Å². The highest BCUT2D eigenvalue weighted by Crippen LogP contribution is 2.26. The molecule has 0 aromatic heterocycles. The molecule has 1 saturated heterocycles. The van der Waals surface area contributed by atoms with E-state index in [0.29, 0.717) is 31.5 Å². The van der Waals surface area contributed by atoms with Crippen LogP contribution in [0.15, 0.2) is 29.2 Å². The number of piperidine rings is 1. The van der Waals surface area contributed by atoms with E-state index in [2.05, 4.69) is 13.8 Å². The number of sulfonamides is 1. The van der Waals surface area contributed by atoms with Gasteiger partial charge in [0, 0.05) is 37.7 Å². The molecule has 1 amide bonds. The summed E-state index contributed by atoms with van der Waals surface area (Å²) in [4.78, 5) is 26.3. The molecule has 0 aliphatic carbocycles. The molecule has 1 fully saturated rings. The van der Waals surface area contributed by atoms with Gasteiger partial charge >= 0.3 is 0 Å². The summed E-state index contributed by atoms with van der Waals surface area (Å²) in [6.45, 7) is 7.69. The number of rotatable bonds is 8. The van der Waals surface area contributed by atoms with E-state index < -0.39 is 10.0 Å². The van der Waals surface area contributed by atoms with Gasteiger partial charge in [0.15, 0.2) is 5.78 Å². The van der Waals surface area contributed by atoms with Crippen LogP contribution in [0.5, 0.6) is 0 Å². The Labute approximate surface area is 162 Å². The van der Waals surface area contributed by atoms with Crippen molar-refractivity contribution in [1.82, 2.24) is 9.21 Å². The van der Waals surface area contributed by atoms with Crippen LogP contribution in [0.3, 0.4) is 0 Å². The van der Waals surface area contributed by atoms with E-state index in [0.717, 1.165) is 25.9 Å². The Morgan fingerprint density at radius 2 is 1.70 bits per heavy atom. The standard InChI is InChI=1S/C20H30N2O4S/c1-4-11-21(12-5-2)20(24)17-9-13-22(14-10-17)27(25,26)19-8-6-7-18(15-19)16(3)23/h6-8,15,17H,4-5,9-14H2,1-3H3. The SMILES string of the molecule is CCCN(CCC)C(=O)C1CCN(S(=O)(=O)c2cccc(C(C)=O)c2)CC1. The summed E-state index contributed by atoms with van der Waals surface area (Å²) in [6.07, 6.45) is 2.92. The lowest BCUT2D eigenvalue weighted by molar-refractivity contribution is -0.136. The molecule has 0 bridgehead atoms. The Morgan fingerprint density at radius 1 is 1.11 bits per heavy atom. The van der Waals surface area contributed by atoms with Crippen LogP contribution in [0.2, 0.25) is 0 Å². The second kappa shape index (κ2) is 9.46. The van der Waals surface area contributed by atoms with Crippen molar-refractivity contribution in [1.29, 1.82) is 0 Å². The molecule has 0 atom stereocenters. The van der Waals surface area contributed by atoms with Crippen molar-refractivity contribution in [3.63, 3.8) is 0 Å². The van der Waals surface area contributed by atoms with E-state index in [-0.39, 0.29) is 22.5 Å². The van der Waals surface area contributed by atoms with Crippen LogP contribution < -0.4 is 0 Å². The largest absolute Gasteiger partial charge is 0.342 e. The predicted octanol–water partition coefficient (Wildman–Crippen LogP) is 2.94. The van der Waals surface area contributed by atoms with E-state index >= 15 is 0 Å². The zero-order valence-corrected chi connectivity index (χ0v) is 17.3. The highest BCUT2D eigenvalue weighted by atomic mass is 32.2. The number of benzene rings is 1. The lowest BCUT2D eigenvalue weighted by atomic mass is 9.96. The van der Waals surface area contributed by atoms with Gasteiger partial charge in [0.05, 0.1) is 4.90 Å². The lowest BCUT2D eigenvalue weighted by Crippen LogP contribution is -2.44. The number of nitrogens with zero attached hydrogens (tertiary/aromatic N) is 2. The maximum atomic E-state index is 12.9. The van der Waals surface area contributed by atoms with Crippen LogP contribution in [0.1, 0.15) is 56.8 Å². The molecule has 1 aromatic rings. The first kappa shape index (κ1) is 21.6. The fourth-order valence-corrected chi connectivity index (χ4v) is 5.01. The number of ketones is 1. The van der Waals surface area contributed by atoms with Gasteiger partial charge in [0.1, 0.15) is 0 Å². The molecule has 7 heteroatoms. The first-order chi connectivity index (χ1) is 12.8. The normalized spacial score (nSPS) is 16.3. The number of carbonyl (C=O) groups excluding carboxylic acids is 2. The zero-order chi connectivity index (χ0) is 20.0. The number of hydrogen-bond acceptors (Lipinski definition) is 4. The fraction of sp³-hybridized carbons (Fsp3) is 0.600. The van der Waals surface area contributed by atoms with Gasteiger partial charge in [-0.3, -0.25) is 9.59 Å². The summed E-state index contributed by atoms with van der Waals surface area (Å²) in [6, 6.07) is 6.15. The summed E-state index contributed by atoms with van der Waals surface area (Å²) in [5, 5.41) is 0. The van der Waals surface area contributed by atoms with Crippen molar-refractivity contribution in [3.05, 3.63) is 29.8 Å². The van der Waals surface area contributed by atoms with Crippen molar-refractivity contribution >= 4 is 21.7 Å². The molecule has 1 aliphatic heterocycles. The van der Waals surface area contributed by atoms with Crippen molar-refractivity contribution in [3.8, 4) is 0 Å². The lowest BCUT2D eigenvalue weighted by Gasteiger charge is -2.33. The van der Waals surface area contributed by atoms with E-state index in [4.69, 9.17) is 0 Å². The van der Waals surface area contributed by atoms with Gasteiger partial charge in [-0.2, -0.15) is 4.31 Å². The Balaban J connectivity index is 2.07. The van der Waals surface area contributed by atoms with Crippen LogP contribution in [-0.2, 0) is 14.8 Å². The molecule has 0 N–H and O–H groups in total. The molecule has 0 radical (unpaired) electrons. The predicted molar refractivity (Wildman–Crippen MR) is 105 cm³/mol. The first-order valence-corrected chi connectivity index (χ1v) is 11.1. The Kier molecular flexibility index (Phi) is 7.56. The summed E-state index contributed by atoms with van der Waals surface area (Å²) in [5.41, 5.74) is 0.385. The average Bonchev–Trinajstić information content (AvgIpc) is 2.67. The minimum atomic E-state index is -3.65. The zero-order valence-electron chi connectivity index (χ0n) is 16.5. The van der Waals surface area contributed by atoms with Crippen LogP contribution in [0.25, 0.3) is 0 Å². The van der Waals surface area contributed by atoms with Crippen LogP contribution in [0.4, 0.5) is 0 Å². The third-order valence-electron chi connectivity index (χ3n) is 4.98. The van der Waals surface area contributed by atoms with Gasteiger partial charge in [-0.05, 0) is 44.7 Å². The topological polar surface area (TPSA) is 74.8 Å². The third kappa shape index (κ3) is 5.17. The number of amides is 1. The molecule has 1 heterocycles. The minimum Gasteiger partial charge on any atom is -0.342 e. The van der Waals surface area contributed by atoms with Gasteiger partial charge in [0.2, 0.25) is 15.9 Å². The van der Waals surface area contributed by atoms with Crippen LogP contribution in [0, 0.1) is 5.92 Å². The fourth-order valence-electron chi connectivity index (χ4n) is 3.50. The molecule has 1 aliphatic rings. The monoisotopic (exact) mass is 394 g/mol. The summed E-state index contributed by atoms with van der Waals surface area (Å²) >= 11 is 0. The molecule has 0 spiro atoms. The van der Waals surface area contributed by atoms with Gasteiger partial charge < -0.3 is 4.90 Å². The van der Waals surface area contributed by atoms with Crippen LogP contribution >= 0.6 is 0 Å². The first-order valence-electron chi connectivity index (χ1n) is 9.71. The van der Waals surface area contributed by atoms with E-state index in [1.807, 2.05) is 4.90 Å². The highest BCUT2D eigenvalue weighted by molar-refractivity contribution is 7.89. The summed E-state index contributed by atoms with van der Waals surface area (Å²) in [7, 11) is -3.65. The highest BCUT2D eigenvalue weighted by Gasteiger charge is 2.33. The maximum absolute atomic E-state index is 12.9. The molecule has 1 aromatic carbocycles. The average molecular weight is 395 g/mol. The van der Waals surface area contributed by atoms with Crippen molar-refractivity contribution in [2.45, 2.75) is 51.3 Å². The Morgan fingerprint density at radius 3 is 2.22 bits per heavy atom. The smallest absolute Gasteiger partial charge is 0.243 e. The van der Waals surface area contributed by atoms with Crippen molar-refractivity contribution < 1.29 is 18.0 Å². The Bertz CT molecular complexity index is 762. The molecule has 150 valence electrons. The van der Waals surface area contributed by atoms with Gasteiger partial charge in [-0.15, -0.1) is 0 Å². The Hall–Kier alpha value is -1.73. The molecule has 6 nitrogen and oxygen atoms in total. The maximum Gasteiger partial charge on any atom is 0.243 e. The van der Waals surface area contributed by atoms with Gasteiger partial charge in [0.25, 0.3) is 0 Å². The number of Topliss-reactive ketones (excluding diaryl/α,β-unsaturated/α-hetero) is 1. The third-order valence-corrected chi connectivity index (χ3v) is 6.87. The molecular formula is C20H30N2O4S. The summed E-state index contributed by atoms with van der Waals surface area (Å²) < 4.78 is 27.2. The quantitative estimate of drug-likeness (QED) is 0.636. The number of carbonyl (C=O) groups is 2. The summed E-state index contributed by atoms with van der Waals surface area (Å²) in [5.74, 6) is -0.129. The van der Waals surface area contributed by atoms with E-state index in [1.165, 1.54) is 23.4 Å². The molecule has 2 rings (SSSR count). The number of hydrogen-bond donors (Lipinski definition) is 0. The van der Waals surface area contributed by atoms with Crippen LogP contribution in [-0.4, -0.2) is 55.5 Å².